The van der Waals surface area contributed by atoms with Crippen LogP contribution in [0.4, 0.5) is 5.13 Å². The molecule has 0 aliphatic rings. The highest BCUT2D eigenvalue weighted by molar-refractivity contribution is 7.22. The first-order valence-corrected chi connectivity index (χ1v) is 11.9. The summed E-state index contributed by atoms with van der Waals surface area (Å²) in [5, 5.41) is 1.54. The predicted molar refractivity (Wildman–Crippen MR) is 138 cm³/mol. The highest BCUT2D eigenvalue weighted by Gasteiger charge is 2.25. The van der Waals surface area contributed by atoms with Gasteiger partial charge >= 0.3 is 0 Å². The largest absolute Gasteiger partial charge is 0.490 e. The third-order valence-corrected chi connectivity index (χ3v) is 6.60. The molecule has 0 N–H and O–H groups in total. The number of para-hydroxylation sites is 1. The van der Waals surface area contributed by atoms with Crippen molar-refractivity contribution in [2.45, 2.75) is 27.7 Å². The Morgan fingerprint density at radius 2 is 1.88 bits per heavy atom. The first kappa shape index (κ1) is 25.0. The van der Waals surface area contributed by atoms with Gasteiger partial charge in [-0.25, -0.2) is 4.98 Å². The molecule has 4 aromatic rings. The van der Waals surface area contributed by atoms with Gasteiger partial charge < -0.3 is 14.1 Å². The summed E-state index contributed by atoms with van der Waals surface area (Å²) in [6.45, 7) is 11.9. The molecule has 0 aliphatic carbocycles. The Balaban J connectivity index is 0.00000306. The minimum Gasteiger partial charge on any atom is -0.490 e. The van der Waals surface area contributed by atoms with Crippen LogP contribution in [0.1, 0.15) is 36.9 Å². The van der Waals surface area contributed by atoms with Crippen LogP contribution in [-0.4, -0.2) is 48.6 Å². The van der Waals surface area contributed by atoms with Crippen molar-refractivity contribution in [3.63, 3.8) is 0 Å². The van der Waals surface area contributed by atoms with Crippen LogP contribution in [0.25, 0.3) is 21.2 Å². The van der Waals surface area contributed by atoms with Gasteiger partial charge in [0, 0.05) is 18.5 Å². The number of rotatable bonds is 9. The standard InChI is InChI=1S/C25H29N3O3S.ClH/c1-5-27(6-2)13-14-28(25-26-19-12-11-17(4)15-22(19)32-25)24(29)21-16-18-9-8-10-20(30-7-3)23(18)31-21;/h8-12,15-16H,5-7,13-14H2,1-4H3;1H. The van der Waals surface area contributed by atoms with Gasteiger partial charge in [-0.3, -0.25) is 9.69 Å². The van der Waals surface area contributed by atoms with Gasteiger partial charge in [0.15, 0.2) is 22.2 Å². The van der Waals surface area contributed by atoms with Gasteiger partial charge in [0.05, 0.1) is 16.8 Å². The Morgan fingerprint density at radius 1 is 1.09 bits per heavy atom. The van der Waals surface area contributed by atoms with Crippen LogP contribution >= 0.6 is 23.7 Å². The Kier molecular flexibility index (Phi) is 8.35. The van der Waals surface area contributed by atoms with E-state index < -0.39 is 0 Å². The molecular weight excluding hydrogens is 458 g/mol. The summed E-state index contributed by atoms with van der Waals surface area (Å²) in [5.41, 5.74) is 2.68. The Hall–Kier alpha value is -2.61. The lowest BCUT2D eigenvalue weighted by Crippen LogP contribution is -2.38. The fraction of sp³-hybridized carbons (Fsp3) is 0.360. The monoisotopic (exact) mass is 487 g/mol. The number of amides is 1. The van der Waals surface area contributed by atoms with E-state index in [1.54, 1.807) is 11.0 Å². The second-order valence-corrected chi connectivity index (χ2v) is 8.68. The van der Waals surface area contributed by atoms with E-state index in [2.05, 4.69) is 31.7 Å². The number of fused-ring (bicyclic) bond motifs is 2. The number of furan rings is 1. The van der Waals surface area contributed by atoms with Gasteiger partial charge in [-0.05, 0) is 56.8 Å². The summed E-state index contributed by atoms with van der Waals surface area (Å²) >= 11 is 1.54. The molecule has 0 spiro atoms. The second-order valence-electron chi connectivity index (χ2n) is 7.67. The first-order chi connectivity index (χ1) is 15.5. The number of ether oxygens (including phenoxy) is 1. The molecule has 176 valence electrons. The molecule has 0 radical (unpaired) electrons. The number of aromatic nitrogens is 1. The number of carbonyl (C=O) groups is 1. The zero-order valence-corrected chi connectivity index (χ0v) is 21.1. The molecule has 0 aliphatic heterocycles. The zero-order chi connectivity index (χ0) is 22.7. The molecule has 6 nitrogen and oxygen atoms in total. The van der Waals surface area contributed by atoms with Crippen molar-refractivity contribution in [1.82, 2.24) is 9.88 Å². The number of thiazole rings is 1. The number of halogens is 1. The van der Waals surface area contributed by atoms with E-state index >= 15 is 0 Å². The van der Waals surface area contributed by atoms with Crippen LogP contribution in [0.3, 0.4) is 0 Å². The minimum atomic E-state index is -0.188. The summed E-state index contributed by atoms with van der Waals surface area (Å²) in [5.74, 6) is 0.753. The molecule has 0 saturated carbocycles. The lowest BCUT2D eigenvalue weighted by atomic mass is 10.2. The molecule has 2 aromatic heterocycles. The Bertz CT molecular complexity index is 1230. The van der Waals surface area contributed by atoms with Crippen LogP contribution in [0.2, 0.25) is 0 Å². The molecule has 0 fully saturated rings. The SMILES string of the molecule is CCOc1cccc2cc(C(=O)N(CCN(CC)CC)c3nc4ccc(C)cc4s3)oc12.Cl. The second kappa shape index (κ2) is 11.0. The average molecular weight is 488 g/mol. The third-order valence-electron chi connectivity index (χ3n) is 5.56. The van der Waals surface area contributed by atoms with Crippen LogP contribution in [-0.2, 0) is 0 Å². The lowest BCUT2D eigenvalue weighted by Gasteiger charge is -2.24. The number of likely N-dealkylation sites (N-methyl/N-ethyl adjacent to an activating group) is 1. The fourth-order valence-corrected chi connectivity index (χ4v) is 4.83. The molecule has 0 unspecified atom stereocenters. The van der Waals surface area contributed by atoms with Crippen molar-refractivity contribution >= 4 is 56.0 Å². The van der Waals surface area contributed by atoms with E-state index in [0.29, 0.717) is 35.4 Å². The molecule has 33 heavy (non-hydrogen) atoms. The average Bonchev–Trinajstić information content (AvgIpc) is 3.41. The Morgan fingerprint density at radius 3 is 2.61 bits per heavy atom. The molecule has 8 heteroatoms. The van der Waals surface area contributed by atoms with Crippen LogP contribution in [0, 0.1) is 6.92 Å². The smallest absolute Gasteiger partial charge is 0.295 e. The number of hydrogen-bond acceptors (Lipinski definition) is 6. The minimum absolute atomic E-state index is 0. The summed E-state index contributed by atoms with van der Waals surface area (Å²) in [4.78, 5) is 22.5. The predicted octanol–water partition coefficient (Wildman–Crippen LogP) is 6.16. The van der Waals surface area contributed by atoms with Crippen molar-refractivity contribution in [3.8, 4) is 5.75 Å². The van der Waals surface area contributed by atoms with Gasteiger partial charge in [0.1, 0.15) is 0 Å². The molecule has 2 aromatic carbocycles. The van der Waals surface area contributed by atoms with Crippen molar-refractivity contribution in [1.29, 1.82) is 0 Å². The number of hydrogen-bond donors (Lipinski definition) is 0. The van der Waals surface area contributed by atoms with Crippen molar-refractivity contribution < 1.29 is 13.9 Å². The van der Waals surface area contributed by atoms with Crippen LogP contribution in [0.5, 0.6) is 5.75 Å². The van der Waals surface area contributed by atoms with E-state index in [4.69, 9.17) is 14.1 Å². The number of nitrogens with zero attached hydrogens (tertiary/aromatic N) is 3. The lowest BCUT2D eigenvalue weighted by molar-refractivity contribution is 0.0959. The van der Waals surface area contributed by atoms with Gasteiger partial charge in [-0.1, -0.05) is 43.4 Å². The number of aryl methyl sites for hydroxylation is 1. The van der Waals surface area contributed by atoms with E-state index in [-0.39, 0.29) is 18.3 Å². The molecule has 0 atom stereocenters. The third kappa shape index (κ3) is 5.32. The van der Waals surface area contributed by atoms with E-state index in [0.717, 1.165) is 35.2 Å². The van der Waals surface area contributed by atoms with Gasteiger partial charge in [0.25, 0.3) is 5.91 Å². The highest BCUT2D eigenvalue weighted by Crippen LogP contribution is 2.33. The van der Waals surface area contributed by atoms with E-state index in [9.17, 15) is 4.79 Å². The zero-order valence-electron chi connectivity index (χ0n) is 19.5. The maximum absolute atomic E-state index is 13.7. The quantitative estimate of drug-likeness (QED) is 0.283. The fourth-order valence-electron chi connectivity index (χ4n) is 3.74. The van der Waals surface area contributed by atoms with E-state index in [1.807, 2.05) is 37.3 Å². The van der Waals surface area contributed by atoms with Crippen molar-refractivity contribution in [2.75, 3.05) is 37.7 Å². The summed E-state index contributed by atoms with van der Waals surface area (Å²) < 4.78 is 12.8. The molecule has 2 heterocycles. The van der Waals surface area contributed by atoms with Gasteiger partial charge in [-0.15, -0.1) is 12.4 Å². The summed E-state index contributed by atoms with van der Waals surface area (Å²) in [6, 6.07) is 13.7. The Labute approximate surface area is 204 Å². The number of anilines is 1. The summed E-state index contributed by atoms with van der Waals surface area (Å²) in [6.07, 6.45) is 0. The molecule has 4 rings (SSSR count). The van der Waals surface area contributed by atoms with Crippen LogP contribution < -0.4 is 9.64 Å². The molecular formula is C25H30ClN3O3S. The molecule has 0 saturated heterocycles. The maximum atomic E-state index is 13.7. The molecule has 1 amide bonds. The van der Waals surface area contributed by atoms with E-state index in [1.165, 1.54) is 16.9 Å². The maximum Gasteiger partial charge on any atom is 0.295 e. The highest BCUT2D eigenvalue weighted by atomic mass is 35.5. The number of carbonyl (C=O) groups excluding carboxylic acids is 1. The van der Waals surface area contributed by atoms with Gasteiger partial charge in [0.2, 0.25) is 0 Å². The molecule has 0 bridgehead atoms. The number of benzene rings is 2. The van der Waals surface area contributed by atoms with Crippen molar-refractivity contribution in [2.24, 2.45) is 0 Å². The first-order valence-electron chi connectivity index (χ1n) is 11.1. The summed E-state index contributed by atoms with van der Waals surface area (Å²) in [7, 11) is 0. The van der Waals surface area contributed by atoms with Crippen LogP contribution in [0.15, 0.2) is 46.9 Å². The topological polar surface area (TPSA) is 58.8 Å². The normalized spacial score (nSPS) is 11.2. The van der Waals surface area contributed by atoms with Crippen molar-refractivity contribution in [3.05, 3.63) is 53.8 Å². The van der Waals surface area contributed by atoms with Gasteiger partial charge in [-0.2, -0.15) is 0 Å².